The SMILES string of the molecule is Cc1cccc(CN2CC(COCC3CC3)C3(CCN(C)CC3)C2)n1. The second kappa shape index (κ2) is 7.34. The molecular weight excluding hydrogens is 310 g/mol. The van der Waals surface area contributed by atoms with Crippen molar-refractivity contribution in [3.8, 4) is 0 Å². The van der Waals surface area contributed by atoms with Crippen molar-refractivity contribution in [2.75, 3.05) is 46.4 Å². The maximum absolute atomic E-state index is 6.16. The van der Waals surface area contributed by atoms with Crippen molar-refractivity contribution in [1.82, 2.24) is 14.8 Å². The highest BCUT2D eigenvalue weighted by molar-refractivity contribution is 5.11. The van der Waals surface area contributed by atoms with E-state index in [2.05, 4.69) is 42.0 Å². The summed E-state index contributed by atoms with van der Waals surface area (Å²) in [5.41, 5.74) is 2.79. The van der Waals surface area contributed by atoms with Gasteiger partial charge in [0.25, 0.3) is 0 Å². The van der Waals surface area contributed by atoms with Gasteiger partial charge < -0.3 is 9.64 Å². The molecule has 0 N–H and O–H groups in total. The number of hydrogen-bond acceptors (Lipinski definition) is 4. The number of aryl methyl sites for hydroxylation is 1. The van der Waals surface area contributed by atoms with E-state index in [9.17, 15) is 0 Å². The third-order valence-corrected chi connectivity index (χ3v) is 6.57. The molecule has 3 heterocycles. The molecule has 1 unspecified atom stereocenters. The van der Waals surface area contributed by atoms with Gasteiger partial charge in [-0.3, -0.25) is 9.88 Å². The molecule has 4 rings (SSSR count). The molecule has 1 aliphatic carbocycles. The van der Waals surface area contributed by atoms with Gasteiger partial charge in [-0.05, 0) is 76.2 Å². The van der Waals surface area contributed by atoms with Crippen LogP contribution in [-0.4, -0.2) is 61.2 Å². The van der Waals surface area contributed by atoms with Gasteiger partial charge in [-0.15, -0.1) is 0 Å². The van der Waals surface area contributed by atoms with E-state index in [-0.39, 0.29) is 0 Å². The number of nitrogens with zero attached hydrogens (tertiary/aromatic N) is 3. The van der Waals surface area contributed by atoms with Crippen molar-refractivity contribution in [2.45, 2.75) is 39.2 Å². The van der Waals surface area contributed by atoms with Crippen LogP contribution in [0.25, 0.3) is 0 Å². The fourth-order valence-electron chi connectivity index (χ4n) is 4.70. The fourth-order valence-corrected chi connectivity index (χ4v) is 4.70. The number of pyridine rings is 1. The number of piperidine rings is 1. The summed E-state index contributed by atoms with van der Waals surface area (Å²) in [4.78, 5) is 9.84. The largest absolute Gasteiger partial charge is 0.381 e. The Morgan fingerprint density at radius 1 is 1.20 bits per heavy atom. The second-order valence-electron chi connectivity index (χ2n) is 8.78. The van der Waals surface area contributed by atoms with Crippen LogP contribution in [0.3, 0.4) is 0 Å². The molecular formula is C21H33N3O. The minimum absolute atomic E-state index is 0.458. The van der Waals surface area contributed by atoms with Gasteiger partial charge in [-0.25, -0.2) is 0 Å². The summed E-state index contributed by atoms with van der Waals surface area (Å²) in [6, 6.07) is 6.39. The first-order chi connectivity index (χ1) is 12.1. The van der Waals surface area contributed by atoms with Gasteiger partial charge in [0.15, 0.2) is 0 Å². The lowest BCUT2D eigenvalue weighted by molar-refractivity contribution is 0.0231. The van der Waals surface area contributed by atoms with Crippen molar-refractivity contribution < 1.29 is 4.74 Å². The van der Waals surface area contributed by atoms with Crippen molar-refractivity contribution in [3.05, 3.63) is 29.6 Å². The Hall–Kier alpha value is -0.970. The molecule has 4 nitrogen and oxygen atoms in total. The smallest absolute Gasteiger partial charge is 0.0547 e. The lowest BCUT2D eigenvalue weighted by Crippen LogP contribution is -2.43. The quantitative estimate of drug-likeness (QED) is 0.794. The minimum Gasteiger partial charge on any atom is -0.381 e. The van der Waals surface area contributed by atoms with Gasteiger partial charge in [0.2, 0.25) is 0 Å². The van der Waals surface area contributed by atoms with E-state index in [0.717, 1.165) is 31.4 Å². The highest BCUT2D eigenvalue weighted by Gasteiger charge is 2.47. The Balaban J connectivity index is 1.41. The first-order valence-corrected chi connectivity index (χ1v) is 10.0. The van der Waals surface area contributed by atoms with Gasteiger partial charge in [0, 0.05) is 37.9 Å². The van der Waals surface area contributed by atoms with Crippen LogP contribution in [0.2, 0.25) is 0 Å². The molecule has 2 aliphatic heterocycles. The summed E-state index contributed by atoms with van der Waals surface area (Å²) in [5, 5.41) is 0. The molecule has 0 amide bonds. The monoisotopic (exact) mass is 343 g/mol. The van der Waals surface area contributed by atoms with Crippen molar-refractivity contribution in [2.24, 2.45) is 17.3 Å². The van der Waals surface area contributed by atoms with Gasteiger partial charge >= 0.3 is 0 Å². The van der Waals surface area contributed by atoms with Crippen LogP contribution in [-0.2, 0) is 11.3 Å². The summed E-state index contributed by atoms with van der Waals surface area (Å²) in [6.45, 7) is 9.87. The summed E-state index contributed by atoms with van der Waals surface area (Å²) in [6.07, 6.45) is 5.40. The average Bonchev–Trinajstić information content (AvgIpc) is 3.35. The number of rotatable bonds is 6. The predicted molar refractivity (Wildman–Crippen MR) is 100 cm³/mol. The zero-order valence-electron chi connectivity index (χ0n) is 15.9. The van der Waals surface area contributed by atoms with Crippen LogP contribution in [0.5, 0.6) is 0 Å². The zero-order chi connectivity index (χ0) is 17.3. The van der Waals surface area contributed by atoms with Crippen molar-refractivity contribution in [1.29, 1.82) is 0 Å². The normalized spacial score (nSPS) is 27.2. The molecule has 1 aromatic rings. The molecule has 1 saturated carbocycles. The highest BCUT2D eigenvalue weighted by Crippen LogP contribution is 2.45. The molecule has 25 heavy (non-hydrogen) atoms. The van der Waals surface area contributed by atoms with Crippen LogP contribution in [0.4, 0.5) is 0 Å². The van der Waals surface area contributed by atoms with E-state index in [1.807, 2.05) is 0 Å². The van der Waals surface area contributed by atoms with Gasteiger partial charge in [-0.1, -0.05) is 6.07 Å². The molecule has 1 spiro atoms. The van der Waals surface area contributed by atoms with Crippen LogP contribution in [0.1, 0.15) is 37.1 Å². The van der Waals surface area contributed by atoms with Crippen LogP contribution in [0.15, 0.2) is 18.2 Å². The zero-order valence-corrected chi connectivity index (χ0v) is 15.9. The molecule has 1 atom stereocenters. The molecule has 138 valence electrons. The molecule has 3 aliphatic rings. The van der Waals surface area contributed by atoms with Gasteiger partial charge in [0.05, 0.1) is 12.3 Å². The van der Waals surface area contributed by atoms with Gasteiger partial charge in [0.1, 0.15) is 0 Å². The first kappa shape index (κ1) is 17.4. The highest BCUT2D eigenvalue weighted by atomic mass is 16.5. The Kier molecular flexibility index (Phi) is 5.12. The van der Waals surface area contributed by atoms with Crippen LogP contribution in [0, 0.1) is 24.2 Å². The summed E-state index contributed by atoms with van der Waals surface area (Å²) in [7, 11) is 2.26. The second-order valence-corrected chi connectivity index (χ2v) is 8.78. The van der Waals surface area contributed by atoms with E-state index in [4.69, 9.17) is 9.72 Å². The molecule has 4 heteroatoms. The number of aromatic nitrogens is 1. The number of hydrogen-bond donors (Lipinski definition) is 0. The molecule has 1 aromatic heterocycles. The van der Waals surface area contributed by atoms with Crippen molar-refractivity contribution in [3.63, 3.8) is 0 Å². The standard InChI is InChI=1S/C21H33N3O/c1-17-4-3-5-20(22-17)13-24-12-19(15-25-14-18-6-7-18)21(16-24)8-10-23(2)11-9-21/h3-5,18-19H,6-16H2,1-2H3. The van der Waals surface area contributed by atoms with E-state index < -0.39 is 0 Å². The Bertz CT molecular complexity index is 578. The van der Waals surface area contributed by atoms with E-state index in [1.165, 1.54) is 57.6 Å². The lowest BCUT2D eigenvalue weighted by atomic mass is 9.71. The lowest BCUT2D eigenvalue weighted by Gasteiger charge is -2.41. The third-order valence-electron chi connectivity index (χ3n) is 6.57. The van der Waals surface area contributed by atoms with Crippen molar-refractivity contribution >= 4 is 0 Å². The fraction of sp³-hybridized carbons (Fsp3) is 0.762. The van der Waals surface area contributed by atoms with Gasteiger partial charge in [-0.2, -0.15) is 0 Å². The Morgan fingerprint density at radius 3 is 2.72 bits per heavy atom. The maximum atomic E-state index is 6.16. The Labute approximate surface area is 152 Å². The topological polar surface area (TPSA) is 28.6 Å². The van der Waals surface area contributed by atoms with E-state index in [1.54, 1.807) is 0 Å². The average molecular weight is 344 g/mol. The molecule has 0 radical (unpaired) electrons. The minimum atomic E-state index is 0.458. The summed E-state index contributed by atoms with van der Waals surface area (Å²) >= 11 is 0. The molecule has 3 fully saturated rings. The summed E-state index contributed by atoms with van der Waals surface area (Å²) < 4.78 is 6.16. The van der Waals surface area contributed by atoms with E-state index in [0.29, 0.717) is 11.3 Å². The first-order valence-electron chi connectivity index (χ1n) is 10.0. The summed E-state index contributed by atoms with van der Waals surface area (Å²) in [5.74, 6) is 1.55. The van der Waals surface area contributed by atoms with Crippen LogP contribution < -0.4 is 0 Å². The molecule has 2 saturated heterocycles. The third kappa shape index (κ3) is 4.24. The van der Waals surface area contributed by atoms with E-state index >= 15 is 0 Å². The molecule has 0 bridgehead atoms. The number of ether oxygens (including phenoxy) is 1. The maximum Gasteiger partial charge on any atom is 0.0547 e. The molecule has 0 aromatic carbocycles. The Morgan fingerprint density at radius 2 is 2.00 bits per heavy atom. The van der Waals surface area contributed by atoms with Crippen LogP contribution >= 0.6 is 0 Å². The predicted octanol–water partition coefficient (Wildman–Crippen LogP) is 2.96. The number of likely N-dealkylation sites (tertiary alicyclic amines) is 2.